The lowest BCUT2D eigenvalue weighted by Gasteiger charge is -2.17. The first-order valence-corrected chi connectivity index (χ1v) is 6.69. The van der Waals surface area contributed by atoms with Gasteiger partial charge in [-0.15, -0.1) is 0 Å². The number of rotatable bonds is 8. The molecule has 0 fully saturated rings. The maximum Gasteiger partial charge on any atom is 0.303 e. The van der Waals surface area contributed by atoms with Crippen molar-refractivity contribution in [3.8, 4) is 0 Å². The van der Waals surface area contributed by atoms with Crippen molar-refractivity contribution in [3.05, 3.63) is 35.6 Å². The summed E-state index contributed by atoms with van der Waals surface area (Å²) >= 11 is 0. The van der Waals surface area contributed by atoms with Crippen LogP contribution < -0.4 is 0 Å². The zero-order valence-electron chi connectivity index (χ0n) is 11.6. The van der Waals surface area contributed by atoms with Crippen molar-refractivity contribution in [1.82, 2.24) is 4.90 Å². The van der Waals surface area contributed by atoms with Gasteiger partial charge in [-0.2, -0.15) is 0 Å². The predicted molar refractivity (Wildman–Crippen MR) is 73.8 cm³/mol. The van der Waals surface area contributed by atoms with E-state index in [4.69, 9.17) is 5.11 Å². The van der Waals surface area contributed by atoms with E-state index in [0.29, 0.717) is 32.2 Å². The number of carboxylic acid groups (broad SMARTS) is 1. The van der Waals surface area contributed by atoms with Gasteiger partial charge in [-0.1, -0.05) is 12.1 Å². The van der Waals surface area contributed by atoms with Crippen LogP contribution in [-0.4, -0.2) is 35.5 Å². The molecule has 0 bridgehead atoms. The van der Waals surface area contributed by atoms with Crippen LogP contribution in [0.3, 0.4) is 0 Å². The molecule has 0 aromatic heterocycles. The van der Waals surface area contributed by atoms with Gasteiger partial charge < -0.3 is 10.0 Å². The van der Waals surface area contributed by atoms with Crippen molar-refractivity contribution in [2.24, 2.45) is 0 Å². The van der Waals surface area contributed by atoms with Gasteiger partial charge in [0.25, 0.3) is 0 Å². The van der Waals surface area contributed by atoms with Crippen LogP contribution in [-0.2, 0) is 16.0 Å². The number of benzene rings is 1. The van der Waals surface area contributed by atoms with Gasteiger partial charge in [0.05, 0.1) is 0 Å². The number of likely N-dealkylation sites (N-methyl/N-ethyl adjacent to an activating group) is 1. The highest BCUT2D eigenvalue weighted by Gasteiger charge is 2.08. The normalized spacial score (nSPS) is 10.3. The highest BCUT2D eigenvalue weighted by atomic mass is 19.1. The Kier molecular flexibility index (Phi) is 6.70. The van der Waals surface area contributed by atoms with E-state index in [1.807, 2.05) is 0 Å². The lowest BCUT2D eigenvalue weighted by molar-refractivity contribution is -0.137. The maximum absolute atomic E-state index is 12.7. The first-order valence-electron chi connectivity index (χ1n) is 6.69. The number of carbonyl (C=O) groups excluding carboxylic acids is 1. The van der Waals surface area contributed by atoms with E-state index in [1.165, 1.54) is 12.1 Å². The molecule has 0 aliphatic carbocycles. The Morgan fingerprint density at radius 2 is 1.75 bits per heavy atom. The third-order valence-corrected chi connectivity index (χ3v) is 3.11. The molecule has 1 amide bonds. The molecule has 1 N–H and O–H groups in total. The molecule has 20 heavy (non-hydrogen) atoms. The topological polar surface area (TPSA) is 57.6 Å². The van der Waals surface area contributed by atoms with Crippen molar-refractivity contribution < 1.29 is 19.1 Å². The first-order chi connectivity index (χ1) is 9.49. The minimum atomic E-state index is -0.831. The molecule has 1 aromatic carbocycles. The summed E-state index contributed by atoms with van der Waals surface area (Å²) in [5.41, 5.74) is 0.983. The number of carbonyl (C=O) groups is 2. The van der Waals surface area contributed by atoms with E-state index in [1.54, 1.807) is 24.1 Å². The Morgan fingerprint density at radius 3 is 2.35 bits per heavy atom. The Balaban J connectivity index is 2.24. The summed E-state index contributed by atoms with van der Waals surface area (Å²) in [6, 6.07) is 6.23. The molecular formula is C15H20FNO3. The fourth-order valence-electron chi connectivity index (χ4n) is 1.82. The van der Waals surface area contributed by atoms with Gasteiger partial charge in [-0.3, -0.25) is 9.59 Å². The summed E-state index contributed by atoms with van der Waals surface area (Å²) in [6.07, 6.45) is 2.26. The number of aliphatic carboxylic acids is 1. The standard InChI is InChI=1S/C15H20FNO3/c1-17(14(18)4-2-3-5-15(19)20)11-10-12-6-8-13(16)9-7-12/h6-9H,2-5,10-11H2,1H3,(H,19,20). The Morgan fingerprint density at radius 1 is 1.15 bits per heavy atom. The van der Waals surface area contributed by atoms with Crippen LogP contribution in [0, 0.1) is 5.82 Å². The molecule has 4 nitrogen and oxygen atoms in total. The van der Waals surface area contributed by atoms with Crippen LogP contribution in [0.25, 0.3) is 0 Å². The van der Waals surface area contributed by atoms with Crippen LogP contribution in [0.2, 0.25) is 0 Å². The van der Waals surface area contributed by atoms with E-state index < -0.39 is 5.97 Å². The van der Waals surface area contributed by atoms with E-state index in [0.717, 1.165) is 5.56 Å². The number of carboxylic acids is 1. The molecule has 0 aliphatic heterocycles. The number of amides is 1. The van der Waals surface area contributed by atoms with Crippen LogP contribution in [0.15, 0.2) is 24.3 Å². The molecule has 0 saturated heterocycles. The zero-order chi connectivity index (χ0) is 15.0. The largest absolute Gasteiger partial charge is 0.481 e. The van der Waals surface area contributed by atoms with Crippen molar-refractivity contribution in [3.63, 3.8) is 0 Å². The average molecular weight is 281 g/mol. The minimum Gasteiger partial charge on any atom is -0.481 e. The average Bonchev–Trinajstić information content (AvgIpc) is 2.42. The summed E-state index contributed by atoms with van der Waals surface area (Å²) < 4.78 is 12.7. The summed E-state index contributed by atoms with van der Waals surface area (Å²) in [5, 5.41) is 8.50. The third kappa shape index (κ3) is 6.31. The highest BCUT2D eigenvalue weighted by molar-refractivity contribution is 5.75. The van der Waals surface area contributed by atoms with Crippen molar-refractivity contribution in [1.29, 1.82) is 0 Å². The van der Waals surface area contributed by atoms with Gasteiger partial charge in [0, 0.05) is 26.4 Å². The second kappa shape index (κ2) is 8.30. The molecular weight excluding hydrogens is 261 g/mol. The zero-order valence-corrected chi connectivity index (χ0v) is 11.6. The molecule has 0 aliphatic rings. The SMILES string of the molecule is CN(CCc1ccc(F)cc1)C(=O)CCCCC(=O)O. The van der Waals surface area contributed by atoms with E-state index in [9.17, 15) is 14.0 Å². The van der Waals surface area contributed by atoms with E-state index in [-0.39, 0.29) is 18.1 Å². The molecule has 0 atom stereocenters. The van der Waals surface area contributed by atoms with Crippen LogP contribution in [0.1, 0.15) is 31.2 Å². The van der Waals surface area contributed by atoms with Gasteiger partial charge in [-0.25, -0.2) is 4.39 Å². The first kappa shape index (κ1) is 16.1. The molecule has 5 heteroatoms. The predicted octanol–water partition coefficient (Wildman–Crippen LogP) is 2.47. The summed E-state index contributed by atoms with van der Waals surface area (Å²) in [7, 11) is 1.73. The third-order valence-electron chi connectivity index (χ3n) is 3.11. The second-order valence-corrected chi connectivity index (χ2v) is 4.79. The monoisotopic (exact) mass is 281 g/mol. The molecule has 0 saturated carbocycles. The van der Waals surface area contributed by atoms with Gasteiger partial charge in [0.2, 0.25) is 5.91 Å². The molecule has 1 aromatic rings. The van der Waals surface area contributed by atoms with Crippen molar-refractivity contribution >= 4 is 11.9 Å². The molecule has 0 spiro atoms. The van der Waals surface area contributed by atoms with Crippen molar-refractivity contribution in [2.45, 2.75) is 32.1 Å². The minimum absolute atomic E-state index is 0.0116. The number of unbranched alkanes of at least 4 members (excludes halogenated alkanes) is 1. The van der Waals surface area contributed by atoms with Crippen LogP contribution >= 0.6 is 0 Å². The van der Waals surface area contributed by atoms with Gasteiger partial charge in [0.15, 0.2) is 0 Å². The van der Waals surface area contributed by atoms with Crippen LogP contribution in [0.5, 0.6) is 0 Å². The maximum atomic E-state index is 12.7. The van der Waals surface area contributed by atoms with Crippen LogP contribution in [0.4, 0.5) is 4.39 Å². The fourth-order valence-corrected chi connectivity index (χ4v) is 1.82. The van der Waals surface area contributed by atoms with E-state index >= 15 is 0 Å². The number of hydrogen-bond acceptors (Lipinski definition) is 2. The quantitative estimate of drug-likeness (QED) is 0.745. The Bertz CT molecular complexity index is 445. The Labute approximate surface area is 118 Å². The lowest BCUT2D eigenvalue weighted by atomic mass is 10.1. The van der Waals surface area contributed by atoms with Gasteiger partial charge in [0.1, 0.15) is 5.82 Å². The molecule has 0 radical (unpaired) electrons. The molecule has 0 heterocycles. The second-order valence-electron chi connectivity index (χ2n) is 4.79. The fraction of sp³-hybridized carbons (Fsp3) is 0.467. The molecule has 0 unspecified atom stereocenters. The number of hydrogen-bond donors (Lipinski definition) is 1. The summed E-state index contributed by atoms with van der Waals surface area (Å²) in [4.78, 5) is 23.7. The van der Waals surface area contributed by atoms with Gasteiger partial charge in [-0.05, 0) is 37.0 Å². The highest BCUT2D eigenvalue weighted by Crippen LogP contribution is 2.06. The van der Waals surface area contributed by atoms with Crippen molar-refractivity contribution in [2.75, 3.05) is 13.6 Å². The summed E-state index contributed by atoms with van der Waals surface area (Å²) in [6.45, 7) is 0.573. The molecule has 110 valence electrons. The number of nitrogens with zero attached hydrogens (tertiary/aromatic N) is 1. The lowest BCUT2D eigenvalue weighted by Crippen LogP contribution is -2.28. The Hall–Kier alpha value is -1.91. The summed E-state index contributed by atoms with van der Waals surface area (Å²) in [5.74, 6) is -1.09. The van der Waals surface area contributed by atoms with Gasteiger partial charge >= 0.3 is 5.97 Å². The number of halogens is 1. The van der Waals surface area contributed by atoms with E-state index in [2.05, 4.69) is 0 Å². The smallest absolute Gasteiger partial charge is 0.303 e. The molecule has 1 rings (SSSR count).